The summed E-state index contributed by atoms with van der Waals surface area (Å²) in [6, 6.07) is 10.8. The van der Waals surface area contributed by atoms with Crippen molar-refractivity contribution < 1.29 is 4.74 Å². The van der Waals surface area contributed by atoms with Crippen LogP contribution in [0.25, 0.3) is 0 Å². The Hall–Kier alpha value is -0.470. The highest BCUT2D eigenvalue weighted by Crippen LogP contribution is 2.10. The number of hydrogen-bond acceptors (Lipinski definition) is 2. The molecule has 1 nitrogen and oxygen atoms in total. The van der Waals surface area contributed by atoms with E-state index in [1.54, 1.807) is 0 Å². The Kier molecular flexibility index (Phi) is 10.8. The number of benzene rings is 1. The first-order valence-corrected chi connectivity index (χ1v) is 8.76. The number of thiol groups is 1. The molecule has 20 heavy (non-hydrogen) atoms. The lowest BCUT2D eigenvalue weighted by atomic mass is 10.0. The predicted molar refractivity (Wildman–Crippen MR) is 91.7 cm³/mol. The zero-order valence-corrected chi connectivity index (χ0v) is 13.8. The van der Waals surface area contributed by atoms with Crippen molar-refractivity contribution in [3.8, 4) is 0 Å². The van der Waals surface area contributed by atoms with Gasteiger partial charge in [0.25, 0.3) is 0 Å². The van der Waals surface area contributed by atoms with Crippen LogP contribution in [0.4, 0.5) is 0 Å². The Labute approximate surface area is 130 Å². The third-order valence-corrected chi connectivity index (χ3v) is 3.93. The molecule has 0 radical (unpaired) electrons. The van der Waals surface area contributed by atoms with Gasteiger partial charge in [0.15, 0.2) is 0 Å². The van der Waals surface area contributed by atoms with Crippen LogP contribution in [0.2, 0.25) is 0 Å². The van der Waals surface area contributed by atoms with Crippen molar-refractivity contribution in [1.82, 2.24) is 0 Å². The number of ether oxygens (including phenoxy) is 1. The summed E-state index contributed by atoms with van der Waals surface area (Å²) in [5.41, 5.74) is 1.49. The fourth-order valence-corrected chi connectivity index (χ4v) is 2.32. The third-order valence-electron chi connectivity index (χ3n) is 3.52. The van der Waals surface area contributed by atoms with Crippen molar-refractivity contribution in [3.05, 3.63) is 35.9 Å². The Morgan fingerprint density at radius 1 is 1.00 bits per heavy atom. The number of epoxide rings is 1. The van der Waals surface area contributed by atoms with Crippen molar-refractivity contribution in [1.29, 1.82) is 0 Å². The molecular formula is C18H30OS. The molecule has 0 aliphatic carbocycles. The van der Waals surface area contributed by atoms with E-state index in [1.807, 2.05) is 0 Å². The van der Waals surface area contributed by atoms with Crippen LogP contribution in [0.15, 0.2) is 30.3 Å². The maximum Gasteiger partial charge on any atom is 0.0897 e. The molecule has 1 aliphatic heterocycles. The summed E-state index contributed by atoms with van der Waals surface area (Å²) in [7, 11) is 0. The van der Waals surface area contributed by atoms with Gasteiger partial charge >= 0.3 is 0 Å². The van der Waals surface area contributed by atoms with E-state index in [1.165, 1.54) is 56.9 Å². The molecule has 2 rings (SSSR count). The fourth-order valence-electron chi connectivity index (χ4n) is 2.10. The van der Waals surface area contributed by atoms with Gasteiger partial charge < -0.3 is 4.74 Å². The molecule has 0 N–H and O–H groups in total. The SMILES string of the molecule is CCCCCCCCCc1ccccc1.SCC1CO1. The largest absolute Gasteiger partial charge is 0.372 e. The summed E-state index contributed by atoms with van der Waals surface area (Å²) in [4.78, 5) is 0. The van der Waals surface area contributed by atoms with Crippen LogP contribution in [0, 0.1) is 0 Å². The first-order chi connectivity index (χ1) is 9.86. The highest BCUT2D eigenvalue weighted by molar-refractivity contribution is 7.80. The van der Waals surface area contributed by atoms with Crippen LogP contribution in [-0.2, 0) is 11.2 Å². The summed E-state index contributed by atoms with van der Waals surface area (Å²) in [5.74, 6) is 0.889. The summed E-state index contributed by atoms with van der Waals surface area (Å²) in [5, 5.41) is 0. The third kappa shape index (κ3) is 10.3. The summed E-state index contributed by atoms with van der Waals surface area (Å²) in [6.07, 6.45) is 11.6. The number of rotatable bonds is 9. The fraction of sp³-hybridized carbons (Fsp3) is 0.667. The van der Waals surface area contributed by atoms with Gasteiger partial charge in [-0.15, -0.1) is 0 Å². The molecule has 0 spiro atoms. The first-order valence-electron chi connectivity index (χ1n) is 8.13. The Morgan fingerprint density at radius 2 is 1.60 bits per heavy atom. The molecule has 1 saturated heterocycles. The molecule has 114 valence electrons. The minimum Gasteiger partial charge on any atom is -0.372 e. The molecule has 0 bridgehead atoms. The van der Waals surface area contributed by atoms with E-state index < -0.39 is 0 Å². The van der Waals surface area contributed by atoms with E-state index in [9.17, 15) is 0 Å². The van der Waals surface area contributed by atoms with E-state index in [0.29, 0.717) is 6.10 Å². The highest BCUT2D eigenvalue weighted by Gasteiger charge is 2.18. The van der Waals surface area contributed by atoms with Gasteiger partial charge in [-0.1, -0.05) is 75.8 Å². The number of hydrogen-bond donors (Lipinski definition) is 1. The maximum absolute atomic E-state index is 4.78. The van der Waals surface area contributed by atoms with E-state index in [2.05, 4.69) is 49.9 Å². The normalized spacial score (nSPS) is 16.4. The van der Waals surface area contributed by atoms with E-state index in [0.717, 1.165) is 12.4 Å². The lowest BCUT2D eigenvalue weighted by Crippen LogP contribution is -1.85. The topological polar surface area (TPSA) is 12.5 Å². The molecule has 0 aromatic heterocycles. The van der Waals surface area contributed by atoms with Gasteiger partial charge in [0.1, 0.15) is 0 Å². The molecule has 2 heteroatoms. The quantitative estimate of drug-likeness (QED) is 0.370. The van der Waals surface area contributed by atoms with E-state index >= 15 is 0 Å². The minimum atomic E-state index is 0.498. The summed E-state index contributed by atoms with van der Waals surface area (Å²) >= 11 is 3.95. The van der Waals surface area contributed by atoms with E-state index in [-0.39, 0.29) is 0 Å². The standard InChI is InChI=1S/C15H24.C3H6OS/c1-2-3-4-5-6-7-9-12-15-13-10-8-11-14-15;5-2-3-1-4-3/h8,10-11,13-14H,2-7,9,12H2,1H3;3,5H,1-2H2. The Morgan fingerprint density at radius 3 is 2.10 bits per heavy atom. The van der Waals surface area contributed by atoms with Gasteiger partial charge in [0.05, 0.1) is 12.7 Å². The number of unbranched alkanes of at least 4 members (excludes halogenated alkanes) is 6. The molecule has 1 heterocycles. The van der Waals surface area contributed by atoms with Crippen LogP contribution in [0.1, 0.15) is 57.4 Å². The lowest BCUT2D eigenvalue weighted by molar-refractivity contribution is 0.426. The van der Waals surface area contributed by atoms with Gasteiger partial charge in [-0.3, -0.25) is 0 Å². The van der Waals surface area contributed by atoms with Crippen LogP contribution in [-0.4, -0.2) is 18.5 Å². The van der Waals surface area contributed by atoms with Crippen molar-refractivity contribution in [3.63, 3.8) is 0 Å². The molecule has 0 saturated carbocycles. The van der Waals surface area contributed by atoms with Crippen LogP contribution in [0.5, 0.6) is 0 Å². The average molecular weight is 295 g/mol. The zero-order chi connectivity index (χ0) is 14.5. The van der Waals surface area contributed by atoms with Gasteiger partial charge in [-0.25, -0.2) is 0 Å². The molecular weight excluding hydrogens is 264 g/mol. The second-order valence-electron chi connectivity index (χ2n) is 5.49. The lowest BCUT2D eigenvalue weighted by Gasteiger charge is -2.01. The second kappa shape index (κ2) is 12.3. The predicted octanol–water partition coefficient (Wildman–Crippen LogP) is 5.29. The summed E-state index contributed by atoms with van der Waals surface area (Å²) < 4.78 is 4.78. The van der Waals surface area contributed by atoms with Gasteiger partial charge in [0.2, 0.25) is 0 Å². The maximum atomic E-state index is 4.78. The van der Waals surface area contributed by atoms with Gasteiger partial charge in [-0.05, 0) is 18.4 Å². The van der Waals surface area contributed by atoms with Crippen LogP contribution >= 0.6 is 12.6 Å². The van der Waals surface area contributed by atoms with Crippen molar-refractivity contribution in [2.24, 2.45) is 0 Å². The van der Waals surface area contributed by atoms with Crippen molar-refractivity contribution in [2.75, 3.05) is 12.4 Å². The van der Waals surface area contributed by atoms with Crippen LogP contribution in [0.3, 0.4) is 0 Å². The Balaban J connectivity index is 0.000000333. The van der Waals surface area contributed by atoms with Gasteiger partial charge in [-0.2, -0.15) is 12.6 Å². The minimum absolute atomic E-state index is 0.498. The number of aryl methyl sites for hydroxylation is 1. The molecule has 1 unspecified atom stereocenters. The summed E-state index contributed by atoms with van der Waals surface area (Å²) in [6.45, 7) is 3.21. The average Bonchev–Trinajstić information content (AvgIpc) is 3.32. The molecule has 0 amide bonds. The van der Waals surface area contributed by atoms with Crippen molar-refractivity contribution in [2.45, 2.75) is 64.4 Å². The molecule has 1 atom stereocenters. The smallest absolute Gasteiger partial charge is 0.0897 e. The molecule has 1 aromatic carbocycles. The molecule has 1 aliphatic rings. The van der Waals surface area contributed by atoms with Crippen molar-refractivity contribution >= 4 is 12.6 Å². The molecule has 1 aromatic rings. The monoisotopic (exact) mass is 294 g/mol. The molecule has 1 fully saturated rings. The zero-order valence-electron chi connectivity index (χ0n) is 12.9. The van der Waals surface area contributed by atoms with Gasteiger partial charge in [0, 0.05) is 5.75 Å². The van der Waals surface area contributed by atoms with E-state index in [4.69, 9.17) is 4.74 Å². The Bertz CT molecular complexity index is 308. The highest BCUT2D eigenvalue weighted by atomic mass is 32.1. The first kappa shape index (κ1) is 17.6. The second-order valence-corrected chi connectivity index (χ2v) is 5.86. The van der Waals surface area contributed by atoms with Crippen LogP contribution < -0.4 is 0 Å².